The van der Waals surface area contributed by atoms with Crippen LogP contribution in [-0.4, -0.2) is 30.5 Å². The summed E-state index contributed by atoms with van der Waals surface area (Å²) >= 11 is 1.72. The Morgan fingerprint density at radius 1 is 1.36 bits per heavy atom. The molecule has 3 nitrogen and oxygen atoms in total. The van der Waals surface area contributed by atoms with Crippen molar-refractivity contribution in [2.45, 2.75) is 36.7 Å². The van der Waals surface area contributed by atoms with Crippen molar-refractivity contribution in [1.82, 2.24) is 0 Å². The van der Waals surface area contributed by atoms with Crippen molar-refractivity contribution >= 4 is 11.8 Å². The summed E-state index contributed by atoms with van der Waals surface area (Å²) in [6.07, 6.45) is 2.45. The Morgan fingerprint density at radius 2 is 1.93 bits per heavy atom. The highest BCUT2D eigenvalue weighted by atomic mass is 32.2. The first-order valence-corrected chi connectivity index (χ1v) is 5.80. The quantitative estimate of drug-likeness (QED) is 0.659. The highest BCUT2D eigenvalue weighted by Crippen LogP contribution is 2.52. The van der Waals surface area contributed by atoms with E-state index in [9.17, 15) is 0 Å². The summed E-state index contributed by atoms with van der Waals surface area (Å²) in [6.45, 7) is 2.12. The third-order valence-corrected chi connectivity index (χ3v) is 4.18. The molecule has 0 bridgehead atoms. The molecule has 1 aliphatic rings. The lowest BCUT2D eigenvalue weighted by Crippen LogP contribution is -2.56. The fourth-order valence-corrected chi connectivity index (χ4v) is 3.00. The van der Waals surface area contributed by atoms with Crippen LogP contribution in [0.4, 0.5) is 0 Å². The second-order valence-corrected chi connectivity index (χ2v) is 5.11. The number of nitrogens with zero attached hydrogens (tertiary/aromatic N) is 1. The van der Waals surface area contributed by atoms with Crippen molar-refractivity contribution in [3.8, 4) is 6.07 Å². The van der Waals surface area contributed by atoms with E-state index in [2.05, 4.69) is 13.0 Å². The van der Waals surface area contributed by atoms with Crippen LogP contribution in [0.25, 0.3) is 0 Å². The topological polar surface area (TPSA) is 42.2 Å². The van der Waals surface area contributed by atoms with Gasteiger partial charge in [-0.05, 0) is 12.2 Å². The molecule has 0 radical (unpaired) electrons. The number of hydrogen-bond acceptors (Lipinski definition) is 4. The minimum atomic E-state index is -0.504. The number of methoxy groups -OCH3 is 2. The lowest BCUT2D eigenvalue weighted by Gasteiger charge is -2.49. The van der Waals surface area contributed by atoms with Crippen molar-refractivity contribution in [3.05, 3.63) is 0 Å². The van der Waals surface area contributed by atoms with Gasteiger partial charge in [0, 0.05) is 27.1 Å². The SMILES string of the molecule is CCCSC1(C#N)CC(OC)(OC)C1. The molecule has 4 heteroatoms. The maximum absolute atomic E-state index is 9.10. The van der Waals surface area contributed by atoms with E-state index >= 15 is 0 Å². The van der Waals surface area contributed by atoms with Gasteiger partial charge in [-0.1, -0.05) is 6.92 Å². The van der Waals surface area contributed by atoms with Gasteiger partial charge in [-0.25, -0.2) is 0 Å². The highest BCUT2D eigenvalue weighted by Gasteiger charge is 2.56. The number of hydrogen-bond donors (Lipinski definition) is 0. The van der Waals surface area contributed by atoms with Crippen LogP contribution in [-0.2, 0) is 9.47 Å². The molecule has 0 spiro atoms. The van der Waals surface area contributed by atoms with Gasteiger partial charge in [0.05, 0.1) is 6.07 Å². The Kier molecular flexibility index (Phi) is 3.82. The number of rotatable bonds is 5. The Labute approximate surface area is 89.8 Å². The van der Waals surface area contributed by atoms with Gasteiger partial charge in [-0.15, -0.1) is 11.8 Å². The molecule has 1 fully saturated rings. The first-order valence-electron chi connectivity index (χ1n) is 4.81. The molecule has 1 rings (SSSR count). The summed E-state index contributed by atoms with van der Waals surface area (Å²) in [5, 5.41) is 9.10. The van der Waals surface area contributed by atoms with E-state index in [1.54, 1.807) is 26.0 Å². The molecule has 1 aliphatic carbocycles. The van der Waals surface area contributed by atoms with Crippen LogP contribution >= 0.6 is 11.8 Å². The highest BCUT2D eigenvalue weighted by molar-refractivity contribution is 8.00. The van der Waals surface area contributed by atoms with Crippen LogP contribution < -0.4 is 0 Å². The van der Waals surface area contributed by atoms with Gasteiger partial charge < -0.3 is 9.47 Å². The van der Waals surface area contributed by atoms with E-state index in [1.165, 1.54) is 0 Å². The molecule has 0 unspecified atom stereocenters. The second kappa shape index (κ2) is 4.52. The minimum Gasteiger partial charge on any atom is -0.353 e. The first kappa shape index (κ1) is 11.8. The van der Waals surface area contributed by atoms with Crippen LogP contribution in [0, 0.1) is 11.3 Å². The van der Waals surface area contributed by atoms with Crippen molar-refractivity contribution in [1.29, 1.82) is 5.26 Å². The molecular weight excluding hydrogens is 198 g/mol. The molecule has 0 saturated heterocycles. The Balaban J connectivity index is 2.52. The van der Waals surface area contributed by atoms with Gasteiger partial charge >= 0.3 is 0 Å². The number of thioether (sulfide) groups is 1. The van der Waals surface area contributed by atoms with Gasteiger partial charge in [-0.3, -0.25) is 0 Å². The summed E-state index contributed by atoms with van der Waals surface area (Å²) in [5.74, 6) is 0.521. The molecule has 1 saturated carbocycles. The van der Waals surface area contributed by atoms with Crippen molar-refractivity contribution in [2.75, 3.05) is 20.0 Å². The normalized spacial score (nSPS) is 22.4. The van der Waals surface area contributed by atoms with Gasteiger partial charge in [0.1, 0.15) is 4.75 Å². The average molecular weight is 215 g/mol. The number of nitriles is 1. The van der Waals surface area contributed by atoms with Crippen LogP contribution in [0.2, 0.25) is 0 Å². The Morgan fingerprint density at radius 3 is 2.29 bits per heavy atom. The minimum absolute atomic E-state index is 0.276. The lowest BCUT2D eigenvalue weighted by molar-refractivity contribution is -0.255. The first-order chi connectivity index (χ1) is 6.66. The van der Waals surface area contributed by atoms with E-state index in [0.29, 0.717) is 12.8 Å². The lowest BCUT2D eigenvalue weighted by atomic mass is 9.78. The van der Waals surface area contributed by atoms with Crippen LogP contribution in [0.3, 0.4) is 0 Å². The molecule has 14 heavy (non-hydrogen) atoms. The fraction of sp³-hybridized carbons (Fsp3) is 0.900. The van der Waals surface area contributed by atoms with Crippen molar-refractivity contribution in [2.24, 2.45) is 0 Å². The van der Waals surface area contributed by atoms with Crippen LogP contribution in [0.5, 0.6) is 0 Å². The number of ether oxygens (including phenoxy) is 2. The Hall–Kier alpha value is -0.240. The molecule has 0 aliphatic heterocycles. The van der Waals surface area contributed by atoms with Crippen molar-refractivity contribution < 1.29 is 9.47 Å². The van der Waals surface area contributed by atoms with Gasteiger partial charge in [0.25, 0.3) is 0 Å². The fourth-order valence-electron chi connectivity index (χ4n) is 1.70. The zero-order valence-corrected chi connectivity index (χ0v) is 9.82. The molecule has 0 amide bonds. The van der Waals surface area contributed by atoms with E-state index in [4.69, 9.17) is 14.7 Å². The summed E-state index contributed by atoms with van der Waals surface area (Å²) in [6, 6.07) is 2.38. The second-order valence-electron chi connectivity index (χ2n) is 3.63. The molecule has 0 heterocycles. The Bertz CT molecular complexity index is 225. The third kappa shape index (κ3) is 2.05. The van der Waals surface area contributed by atoms with Crippen LogP contribution in [0.15, 0.2) is 0 Å². The van der Waals surface area contributed by atoms with E-state index in [1.807, 2.05) is 0 Å². The molecule has 0 aromatic heterocycles. The van der Waals surface area contributed by atoms with E-state index in [0.717, 1.165) is 12.2 Å². The summed E-state index contributed by atoms with van der Waals surface area (Å²) in [7, 11) is 3.27. The summed E-state index contributed by atoms with van der Waals surface area (Å²) < 4.78 is 10.3. The monoisotopic (exact) mass is 215 g/mol. The zero-order chi connectivity index (χ0) is 10.7. The summed E-state index contributed by atoms with van der Waals surface area (Å²) in [4.78, 5) is 0. The average Bonchev–Trinajstić information content (AvgIpc) is 2.18. The van der Waals surface area contributed by atoms with E-state index < -0.39 is 5.79 Å². The molecule has 0 aromatic rings. The van der Waals surface area contributed by atoms with Gasteiger partial charge in [0.2, 0.25) is 0 Å². The molecule has 0 aromatic carbocycles. The standard InChI is InChI=1S/C10H17NO2S/c1-4-5-14-9(8-11)6-10(7-9,12-2)13-3/h4-7H2,1-3H3. The largest absolute Gasteiger partial charge is 0.353 e. The maximum atomic E-state index is 9.10. The van der Waals surface area contributed by atoms with Gasteiger partial charge in [-0.2, -0.15) is 5.26 Å². The molecule has 0 N–H and O–H groups in total. The van der Waals surface area contributed by atoms with Gasteiger partial charge in [0.15, 0.2) is 5.79 Å². The van der Waals surface area contributed by atoms with Crippen LogP contribution in [0.1, 0.15) is 26.2 Å². The third-order valence-electron chi connectivity index (χ3n) is 2.64. The molecular formula is C10H17NO2S. The smallest absolute Gasteiger partial charge is 0.172 e. The molecule has 0 atom stereocenters. The molecule has 80 valence electrons. The predicted octanol–water partition coefficient (Wildman–Crippen LogP) is 2.17. The zero-order valence-electron chi connectivity index (χ0n) is 9.00. The predicted molar refractivity (Wildman–Crippen MR) is 57.1 cm³/mol. The maximum Gasteiger partial charge on any atom is 0.172 e. The van der Waals surface area contributed by atoms with Crippen molar-refractivity contribution in [3.63, 3.8) is 0 Å². The summed E-state index contributed by atoms with van der Waals surface area (Å²) in [5.41, 5.74) is 0. The van der Waals surface area contributed by atoms with E-state index in [-0.39, 0.29) is 4.75 Å².